The summed E-state index contributed by atoms with van der Waals surface area (Å²) < 4.78 is 4.54. The third kappa shape index (κ3) is 5.23. The Bertz CT molecular complexity index is 526. The fourth-order valence-corrected chi connectivity index (χ4v) is 3.24. The van der Waals surface area contributed by atoms with E-state index >= 15 is 0 Å². The lowest BCUT2D eigenvalue weighted by Crippen LogP contribution is -2.24. The van der Waals surface area contributed by atoms with Gasteiger partial charge in [-0.25, -0.2) is 4.79 Å². The molecule has 5 heteroatoms. The normalized spacial score (nSPS) is 14.4. The minimum absolute atomic E-state index is 0.00450. The van der Waals surface area contributed by atoms with Gasteiger partial charge >= 0.3 is 5.97 Å². The number of carbonyl (C=O) groups is 1. The Morgan fingerprint density at radius 2 is 2.05 bits per heavy atom. The van der Waals surface area contributed by atoms with Gasteiger partial charge in [-0.1, -0.05) is 25.5 Å². The number of aromatic amines is 1. The number of esters is 1. The standard InChI is InChI=1S/C16H26N2O2S/c1-7-20-14(19)12-8-13(18-17-12)16(6,21)10-15(4,5)9-11(2)3/h8-9,21H,7,10H2,1-6H3,(H,17,18). The first kappa shape index (κ1) is 17.8. The van der Waals surface area contributed by atoms with Crippen LogP contribution in [0.2, 0.25) is 0 Å². The minimum Gasteiger partial charge on any atom is -0.461 e. The monoisotopic (exact) mass is 310 g/mol. The molecule has 0 aliphatic heterocycles. The highest BCUT2D eigenvalue weighted by Gasteiger charge is 2.32. The van der Waals surface area contributed by atoms with Crippen molar-refractivity contribution in [3.8, 4) is 0 Å². The van der Waals surface area contributed by atoms with E-state index in [-0.39, 0.29) is 5.41 Å². The first-order chi connectivity index (χ1) is 9.57. The summed E-state index contributed by atoms with van der Waals surface area (Å²) in [7, 11) is 0. The highest BCUT2D eigenvalue weighted by molar-refractivity contribution is 7.81. The number of thiol groups is 1. The van der Waals surface area contributed by atoms with Crippen molar-refractivity contribution in [2.45, 2.75) is 52.7 Å². The third-order valence-corrected chi connectivity index (χ3v) is 3.52. The molecule has 1 heterocycles. The van der Waals surface area contributed by atoms with Gasteiger partial charge in [0.1, 0.15) is 0 Å². The highest BCUT2D eigenvalue weighted by Crippen LogP contribution is 2.40. The Kier molecular flexibility index (Phi) is 5.68. The van der Waals surface area contributed by atoms with Crippen LogP contribution in [0.15, 0.2) is 17.7 Å². The van der Waals surface area contributed by atoms with Crippen LogP contribution in [0.1, 0.15) is 64.1 Å². The van der Waals surface area contributed by atoms with Crippen molar-refractivity contribution in [2.24, 2.45) is 5.41 Å². The fourth-order valence-electron chi connectivity index (χ4n) is 2.72. The van der Waals surface area contributed by atoms with E-state index in [9.17, 15) is 4.79 Å². The molecule has 0 spiro atoms. The number of allylic oxidation sites excluding steroid dienone is 2. The van der Waals surface area contributed by atoms with Crippen molar-refractivity contribution in [1.29, 1.82) is 0 Å². The third-order valence-electron chi connectivity index (χ3n) is 3.12. The lowest BCUT2D eigenvalue weighted by Gasteiger charge is -2.31. The van der Waals surface area contributed by atoms with Crippen LogP contribution in [0.3, 0.4) is 0 Å². The number of rotatable bonds is 6. The summed E-state index contributed by atoms with van der Waals surface area (Å²) in [6.45, 7) is 12.7. The lowest BCUT2D eigenvalue weighted by atomic mass is 9.80. The zero-order valence-electron chi connectivity index (χ0n) is 13.8. The molecule has 1 aromatic rings. The van der Waals surface area contributed by atoms with Gasteiger partial charge in [0.05, 0.1) is 17.0 Å². The largest absolute Gasteiger partial charge is 0.461 e. The number of hydrogen-bond donors (Lipinski definition) is 2. The number of nitrogens with zero attached hydrogens (tertiary/aromatic N) is 1. The summed E-state index contributed by atoms with van der Waals surface area (Å²) in [5, 5.41) is 6.94. The molecule has 1 aromatic heterocycles. The van der Waals surface area contributed by atoms with E-state index in [4.69, 9.17) is 17.4 Å². The van der Waals surface area contributed by atoms with Gasteiger partial charge in [0.2, 0.25) is 0 Å². The number of carbonyl (C=O) groups excluding carboxylic acids is 1. The van der Waals surface area contributed by atoms with Crippen LogP contribution in [0, 0.1) is 5.41 Å². The summed E-state index contributed by atoms with van der Waals surface area (Å²) >= 11 is 4.77. The molecule has 0 bridgehead atoms. The van der Waals surface area contributed by atoms with Gasteiger partial charge in [-0.05, 0) is 45.6 Å². The van der Waals surface area contributed by atoms with E-state index in [1.54, 1.807) is 13.0 Å². The number of nitrogens with one attached hydrogen (secondary N) is 1. The molecule has 1 N–H and O–H groups in total. The maximum Gasteiger partial charge on any atom is 0.358 e. The van der Waals surface area contributed by atoms with Crippen LogP contribution in [0.5, 0.6) is 0 Å². The highest BCUT2D eigenvalue weighted by atomic mass is 32.1. The van der Waals surface area contributed by atoms with Crippen molar-refractivity contribution in [1.82, 2.24) is 10.2 Å². The topological polar surface area (TPSA) is 55.0 Å². The number of hydrogen-bond acceptors (Lipinski definition) is 4. The molecule has 0 saturated heterocycles. The molecule has 0 radical (unpaired) electrons. The van der Waals surface area contributed by atoms with Gasteiger partial charge in [-0.3, -0.25) is 5.10 Å². The molecule has 21 heavy (non-hydrogen) atoms. The van der Waals surface area contributed by atoms with Gasteiger partial charge in [0.15, 0.2) is 5.69 Å². The van der Waals surface area contributed by atoms with Gasteiger partial charge in [0, 0.05) is 0 Å². The van der Waals surface area contributed by atoms with Crippen molar-refractivity contribution < 1.29 is 9.53 Å². The molecule has 0 saturated carbocycles. The smallest absolute Gasteiger partial charge is 0.358 e. The molecule has 0 aliphatic carbocycles. The molecule has 1 unspecified atom stereocenters. The average molecular weight is 310 g/mol. The zero-order chi connectivity index (χ0) is 16.3. The van der Waals surface area contributed by atoms with E-state index in [1.807, 2.05) is 6.92 Å². The molecule has 0 amide bonds. The second-order valence-electron chi connectivity index (χ2n) is 6.55. The molecule has 0 aliphatic rings. The number of aromatic nitrogens is 2. The van der Waals surface area contributed by atoms with Crippen LogP contribution in [-0.2, 0) is 9.48 Å². The fraction of sp³-hybridized carbons (Fsp3) is 0.625. The molecular formula is C16H26N2O2S. The molecule has 1 atom stereocenters. The van der Waals surface area contributed by atoms with E-state index in [1.165, 1.54) is 5.57 Å². The van der Waals surface area contributed by atoms with E-state index in [2.05, 4.69) is 44.0 Å². The van der Waals surface area contributed by atoms with E-state index < -0.39 is 10.7 Å². The van der Waals surface area contributed by atoms with Crippen LogP contribution >= 0.6 is 12.6 Å². The van der Waals surface area contributed by atoms with Crippen molar-refractivity contribution in [3.63, 3.8) is 0 Å². The molecule has 4 nitrogen and oxygen atoms in total. The Labute approximate surface area is 132 Å². The zero-order valence-corrected chi connectivity index (χ0v) is 14.7. The SMILES string of the molecule is CCOC(=O)c1cc(C(C)(S)CC(C)(C)C=C(C)C)[nH]n1. The summed E-state index contributed by atoms with van der Waals surface area (Å²) in [6, 6.07) is 1.73. The predicted molar refractivity (Wildman–Crippen MR) is 88.7 cm³/mol. The Morgan fingerprint density at radius 3 is 2.57 bits per heavy atom. The first-order valence-electron chi connectivity index (χ1n) is 7.19. The van der Waals surface area contributed by atoms with Crippen molar-refractivity contribution >= 4 is 18.6 Å². The van der Waals surface area contributed by atoms with Crippen LogP contribution in [-0.4, -0.2) is 22.8 Å². The maximum atomic E-state index is 11.7. The van der Waals surface area contributed by atoms with E-state index in [0.717, 1.165) is 12.1 Å². The Balaban J connectivity index is 2.93. The van der Waals surface area contributed by atoms with Gasteiger partial charge in [-0.2, -0.15) is 17.7 Å². The quantitative estimate of drug-likeness (QED) is 0.472. The average Bonchev–Trinajstić information content (AvgIpc) is 2.75. The molecular weight excluding hydrogens is 284 g/mol. The van der Waals surface area contributed by atoms with Crippen LogP contribution < -0.4 is 0 Å². The molecule has 0 aromatic carbocycles. The van der Waals surface area contributed by atoms with Crippen molar-refractivity contribution in [2.75, 3.05) is 6.61 Å². The minimum atomic E-state index is -0.410. The van der Waals surface area contributed by atoms with E-state index in [0.29, 0.717) is 12.3 Å². The second kappa shape index (κ2) is 6.69. The summed E-state index contributed by atoms with van der Waals surface area (Å²) in [5.41, 5.74) is 2.40. The van der Waals surface area contributed by atoms with Gasteiger partial charge in [-0.15, -0.1) is 0 Å². The first-order valence-corrected chi connectivity index (χ1v) is 7.63. The Hall–Kier alpha value is -1.23. The molecule has 118 valence electrons. The van der Waals surface area contributed by atoms with Gasteiger partial charge in [0.25, 0.3) is 0 Å². The van der Waals surface area contributed by atoms with Crippen molar-refractivity contribution in [3.05, 3.63) is 29.1 Å². The predicted octanol–water partition coefficient (Wildman–Crippen LogP) is 4.11. The summed E-state index contributed by atoms with van der Waals surface area (Å²) in [6.07, 6.45) is 3.06. The maximum absolute atomic E-state index is 11.7. The van der Waals surface area contributed by atoms with Gasteiger partial charge < -0.3 is 4.74 Å². The molecule has 0 fully saturated rings. The summed E-state index contributed by atoms with van der Waals surface area (Å²) in [5.74, 6) is -0.410. The number of ether oxygens (including phenoxy) is 1. The molecule has 1 rings (SSSR count). The Morgan fingerprint density at radius 1 is 1.43 bits per heavy atom. The summed E-state index contributed by atoms with van der Waals surface area (Å²) in [4.78, 5) is 11.7. The second-order valence-corrected chi connectivity index (χ2v) is 7.54. The van der Waals surface area contributed by atoms with Crippen LogP contribution in [0.4, 0.5) is 0 Å². The number of H-pyrrole nitrogens is 1. The lowest BCUT2D eigenvalue weighted by molar-refractivity contribution is 0.0519. The van der Waals surface area contributed by atoms with Crippen LogP contribution in [0.25, 0.3) is 0 Å².